The van der Waals surface area contributed by atoms with Crippen LogP contribution in [0.3, 0.4) is 0 Å². The second-order valence-corrected chi connectivity index (χ2v) is 8.48. The molecule has 0 fully saturated rings. The fourth-order valence-electron chi connectivity index (χ4n) is 3.33. The molecule has 0 aliphatic carbocycles. The molecule has 0 aliphatic rings. The van der Waals surface area contributed by atoms with Gasteiger partial charge >= 0.3 is 0 Å². The van der Waals surface area contributed by atoms with E-state index < -0.39 is 0 Å². The quantitative estimate of drug-likeness (QED) is 0.263. The summed E-state index contributed by atoms with van der Waals surface area (Å²) in [6.07, 6.45) is 0. The largest absolute Gasteiger partial charge is 0.420 e. The van der Waals surface area contributed by atoms with Crippen LogP contribution in [-0.2, 0) is 12.3 Å². The first-order valence-corrected chi connectivity index (χ1v) is 11.5. The monoisotopic (exact) mass is 477 g/mol. The molecular formula is C24H17ClFN5OS. The number of thioether (sulfide) groups is 1. The summed E-state index contributed by atoms with van der Waals surface area (Å²) >= 11 is 7.62. The third-order valence-corrected chi connectivity index (χ3v) is 6.19. The van der Waals surface area contributed by atoms with Gasteiger partial charge < -0.3 is 4.42 Å². The summed E-state index contributed by atoms with van der Waals surface area (Å²) in [6.45, 7) is 0.495. The van der Waals surface area contributed by atoms with E-state index in [1.165, 1.54) is 17.8 Å². The summed E-state index contributed by atoms with van der Waals surface area (Å²) in [4.78, 5) is 0. The highest BCUT2D eigenvalue weighted by Gasteiger charge is 2.19. The summed E-state index contributed by atoms with van der Waals surface area (Å²) in [5.74, 6) is 1.27. The van der Waals surface area contributed by atoms with Crippen molar-refractivity contribution in [2.75, 3.05) is 0 Å². The highest BCUT2D eigenvalue weighted by atomic mass is 35.5. The molecule has 0 saturated carbocycles. The number of rotatable bonds is 7. The van der Waals surface area contributed by atoms with Gasteiger partial charge in [0.1, 0.15) is 5.82 Å². The molecule has 33 heavy (non-hydrogen) atoms. The molecular weight excluding hydrogens is 461 g/mol. The van der Waals surface area contributed by atoms with Crippen LogP contribution >= 0.6 is 23.4 Å². The maximum atomic E-state index is 14.5. The van der Waals surface area contributed by atoms with Crippen LogP contribution in [-0.4, -0.2) is 25.0 Å². The molecule has 0 spiro atoms. The van der Waals surface area contributed by atoms with Crippen molar-refractivity contribution in [3.63, 3.8) is 0 Å². The van der Waals surface area contributed by atoms with Crippen molar-refractivity contribution in [3.8, 4) is 22.8 Å². The molecule has 164 valence electrons. The first-order chi connectivity index (χ1) is 16.2. The average molecular weight is 478 g/mol. The number of aromatic nitrogens is 5. The van der Waals surface area contributed by atoms with E-state index in [0.29, 0.717) is 51.2 Å². The Hall–Kier alpha value is -3.49. The molecule has 9 heteroatoms. The topological polar surface area (TPSA) is 69.6 Å². The highest BCUT2D eigenvalue weighted by Crippen LogP contribution is 2.30. The minimum absolute atomic E-state index is 0.350. The number of nitrogens with zero attached hydrogens (tertiary/aromatic N) is 5. The van der Waals surface area contributed by atoms with Crippen LogP contribution in [0.15, 0.2) is 88.4 Å². The van der Waals surface area contributed by atoms with Crippen LogP contribution in [0.4, 0.5) is 4.39 Å². The molecule has 0 bridgehead atoms. The number of hydrogen-bond donors (Lipinski definition) is 0. The molecule has 0 unspecified atom stereocenters. The molecule has 2 heterocycles. The molecule has 3 aromatic carbocycles. The van der Waals surface area contributed by atoms with Crippen LogP contribution < -0.4 is 0 Å². The lowest BCUT2D eigenvalue weighted by atomic mass is 10.2. The number of halogens is 2. The first kappa shape index (κ1) is 21.4. The molecule has 0 radical (unpaired) electrons. The van der Waals surface area contributed by atoms with Crippen molar-refractivity contribution in [3.05, 3.63) is 101 Å². The molecule has 0 atom stereocenters. The summed E-state index contributed by atoms with van der Waals surface area (Å²) in [7, 11) is 0. The molecule has 0 amide bonds. The minimum atomic E-state index is -0.350. The lowest BCUT2D eigenvalue weighted by molar-refractivity contribution is 0.528. The predicted octanol–water partition coefficient (Wildman–Crippen LogP) is 6.13. The second-order valence-electron chi connectivity index (χ2n) is 7.13. The van der Waals surface area contributed by atoms with Crippen LogP contribution in [0.25, 0.3) is 22.8 Å². The Morgan fingerprint density at radius 2 is 1.55 bits per heavy atom. The predicted molar refractivity (Wildman–Crippen MR) is 125 cm³/mol. The zero-order valence-corrected chi connectivity index (χ0v) is 18.8. The van der Waals surface area contributed by atoms with Crippen molar-refractivity contribution >= 4 is 23.4 Å². The summed E-state index contributed by atoms with van der Waals surface area (Å²) in [5.41, 5.74) is 2.12. The molecule has 5 aromatic rings. The standard InChI is InChI=1S/C24H17ClFN5OS/c25-19-12-6-4-10-17(19)23-29-27-21(32-23)15-33-24-30-28-22(18-11-5-7-13-20(18)26)31(24)14-16-8-2-1-3-9-16/h1-13H,14-15H2. The molecule has 0 N–H and O–H groups in total. The normalized spacial score (nSPS) is 11.1. The van der Waals surface area contributed by atoms with Crippen LogP contribution in [0.1, 0.15) is 11.5 Å². The lowest BCUT2D eigenvalue weighted by Crippen LogP contribution is -2.05. The van der Waals surface area contributed by atoms with Gasteiger partial charge in [-0.2, -0.15) is 0 Å². The maximum Gasteiger partial charge on any atom is 0.249 e. The third kappa shape index (κ3) is 4.67. The second kappa shape index (κ2) is 9.56. The zero-order chi connectivity index (χ0) is 22.6. The van der Waals surface area contributed by atoms with Gasteiger partial charge in [-0.1, -0.05) is 78.0 Å². The Labute approximate surface area is 198 Å². The van der Waals surface area contributed by atoms with Gasteiger partial charge in [0, 0.05) is 0 Å². The van der Waals surface area contributed by atoms with Gasteiger partial charge in [0.25, 0.3) is 0 Å². The highest BCUT2D eigenvalue weighted by molar-refractivity contribution is 7.98. The average Bonchev–Trinajstić information content (AvgIpc) is 3.46. The molecule has 0 aliphatic heterocycles. The van der Waals surface area contributed by atoms with E-state index in [0.717, 1.165) is 5.56 Å². The van der Waals surface area contributed by atoms with Gasteiger partial charge in [-0.15, -0.1) is 20.4 Å². The van der Waals surface area contributed by atoms with E-state index in [-0.39, 0.29) is 5.82 Å². The van der Waals surface area contributed by atoms with E-state index in [9.17, 15) is 4.39 Å². The van der Waals surface area contributed by atoms with Gasteiger partial charge in [-0.05, 0) is 29.8 Å². The molecule has 2 aromatic heterocycles. The van der Waals surface area contributed by atoms with Crippen molar-refractivity contribution in [2.45, 2.75) is 17.5 Å². The van der Waals surface area contributed by atoms with Gasteiger partial charge in [-0.25, -0.2) is 4.39 Å². The van der Waals surface area contributed by atoms with Crippen molar-refractivity contribution in [1.29, 1.82) is 0 Å². The smallest absolute Gasteiger partial charge is 0.249 e. The Morgan fingerprint density at radius 3 is 2.33 bits per heavy atom. The Bertz CT molecular complexity index is 1390. The van der Waals surface area contributed by atoms with E-state index in [1.54, 1.807) is 24.3 Å². The van der Waals surface area contributed by atoms with Gasteiger partial charge in [0.15, 0.2) is 11.0 Å². The van der Waals surface area contributed by atoms with Crippen molar-refractivity contribution < 1.29 is 8.81 Å². The maximum absolute atomic E-state index is 14.5. The van der Waals surface area contributed by atoms with Crippen molar-refractivity contribution in [2.24, 2.45) is 0 Å². The van der Waals surface area contributed by atoms with Crippen LogP contribution in [0, 0.1) is 5.82 Å². The third-order valence-electron chi connectivity index (χ3n) is 4.91. The Kier molecular flexibility index (Phi) is 6.19. The van der Waals surface area contributed by atoms with E-state index >= 15 is 0 Å². The Balaban J connectivity index is 1.43. The zero-order valence-electron chi connectivity index (χ0n) is 17.2. The Morgan fingerprint density at radius 1 is 0.818 bits per heavy atom. The summed E-state index contributed by atoms with van der Waals surface area (Å²) in [5, 5.41) is 18.0. The molecule has 0 saturated heterocycles. The fourth-order valence-corrected chi connectivity index (χ4v) is 4.32. The van der Waals surface area contributed by atoms with Gasteiger partial charge in [0.2, 0.25) is 11.8 Å². The lowest BCUT2D eigenvalue weighted by Gasteiger charge is -2.10. The van der Waals surface area contributed by atoms with Gasteiger partial charge in [0.05, 0.1) is 28.4 Å². The van der Waals surface area contributed by atoms with Crippen LogP contribution in [0.5, 0.6) is 0 Å². The first-order valence-electron chi connectivity index (χ1n) is 10.1. The summed E-state index contributed by atoms with van der Waals surface area (Å²) < 4.78 is 22.2. The summed E-state index contributed by atoms with van der Waals surface area (Å²) in [6, 6.07) is 23.7. The van der Waals surface area contributed by atoms with Gasteiger partial charge in [-0.3, -0.25) is 4.57 Å². The molecule has 5 rings (SSSR count). The van der Waals surface area contributed by atoms with E-state index in [2.05, 4.69) is 20.4 Å². The fraction of sp³-hybridized carbons (Fsp3) is 0.0833. The van der Waals surface area contributed by atoms with Crippen molar-refractivity contribution in [1.82, 2.24) is 25.0 Å². The van der Waals surface area contributed by atoms with Crippen LogP contribution in [0.2, 0.25) is 5.02 Å². The minimum Gasteiger partial charge on any atom is -0.420 e. The van der Waals surface area contributed by atoms with E-state index in [4.69, 9.17) is 16.0 Å². The number of benzene rings is 3. The molecule has 6 nitrogen and oxygen atoms in total. The number of hydrogen-bond acceptors (Lipinski definition) is 6. The van der Waals surface area contributed by atoms with E-state index in [1.807, 2.05) is 53.1 Å². The SMILES string of the molecule is Fc1ccccc1-c1nnc(SCc2nnc(-c3ccccc3Cl)o2)n1Cc1ccccc1.